The van der Waals surface area contributed by atoms with Gasteiger partial charge in [0, 0.05) is 17.2 Å². The Bertz CT molecular complexity index is 1560. The van der Waals surface area contributed by atoms with Crippen LogP contribution in [0.2, 0.25) is 0 Å². The molecule has 0 fully saturated rings. The van der Waals surface area contributed by atoms with Gasteiger partial charge in [0.15, 0.2) is 34.5 Å². The van der Waals surface area contributed by atoms with E-state index in [0.29, 0.717) is 6.07 Å². The third-order valence-electron chi connectivity index (χ3n) is 5.37. The van der Waals surface area contributed by atoms with E-state index in [2.05, 4.69) is 0 Å². The fraction of sp³-hybridized carbons (Fsp3) is 0. The second-order valence-corrected chi connectivity index (χ2v) is 7.85. The molecule has 0 aromatic heterocycles. The molecule has 12 heteroatoms. The van der Waals surface area contributed by atoms with Gasteiger partial charge in [-0.05, 0) is 54.6 Å². The molecule has 0 atom stereocenters. The lowest BCUT2D eigenvalue weighted by atomic mass is 10.0. The monoisotopic (exact) mass is 522 g/mol. The minimum absolute atomic E-state index is 0.00906. The molecule has 0 spiro atoms. The van der Waals surface area contributed by atoms with Crippen LogP contribution in [0.15, 0.2) is 60.7 Å². The van der Waals surface area contributed by atoms with E-state index in [1.165, 1.54) is 48.5 Å². The van der Waals surface area contributed by atoms with Gasteiger partial charge < -0.3 is 40.9 Å². The van der Waals surface area contributed by atoms with Gasteiger partial charge in [0.1, 0.15) is 17.1 Å². The lowest BCUT2D eigenvalue weighted by Gasteiger charge is -2.16. The zero-order valence-corrected chi connectivity index (χ0v) is 19.0. The first-order valence-electron chi connectivity index (χ1n) is 10.6. The summed E-state index contributed by atoms with van der Waals surface area (Å²) < 4.78 is 0. The number of hydrogen-bond donors (Lipinski definition) is 8. The molecule has 0 amide bonds. The Morgan fingerprint density at radius 2 is 1.03 bits per heavy atom. The third kappa shape index (κ3) is 4.56. The van der Waals surface area contributed by atoms with Gasteiger partial charge in [0.2, 0.25) is 17.3 Å². The van der Waals surface area contributed by atoms with Crippen LogP contribution < -0.4 is 9.78 Å². The first kappa shape index (κ1) is 25.3. The number of carbonyl (C=O) groups is 2. The first-order chi connectivity index (χ1) is 18.0. The molecule has 12 nitrogen and oxygen atoms in total. The maximum absolute atomic E-state index is 13.0. The van der Waals surface area contributed by atoms with Gasteiger partial charge in [-0.2, -0.15) is 0 Å². The van der Waals surface area contributed by atoms with E-state index >= 15 is 0 Å². The summed E-state index contributed by atoms with van der Waals surface area (Å²) in [7, 11) is 0. The smallest absolute Gasteiger partial charge is 0.266 e. The number of benzene rings is 4. The summed E-state index contributed by atoms with van der Waals surface area (Å²) in [5, 5.41) is 80.0. The van der Waals surface area contributed by atoms with Crippen LogP contribution >= 0.6 is 0 Å². The van der Waals surface area contributed by atoms with Crippen LogP contribution in [0, 0.1) is 0 Å². The van der Waals surface area contributed by atoms with Crippen LogP contribution in [-0.4, -0.2) is 52.4 Å². The number of ketones is 2. The Morgan fingerprint density at radius 1 is 0.526 bits per heavy atom. The summed E-state index contributed by atoms with van der Waals surface area (Å²) in [6, 6.07) is 11.1. The molecular weight excluding hydrogens is 504 g/mol. The van der Waals surface area contributed by atoms with E-state index in [4.69, 9.17) is 9.78 Å². The van der Waals surface area contributed by atoms with E-state index in [9.17, 15) is 50.4 Å². The average Bonchev–Trinajstić information content (AvgIpc) is 2.89. The number of rotatable bonds is 7. The topological polar surface area (TPSA) is 214 Å². The quantitative estimate of drug-likeness (QED) is 0.0577. The molecular formula is C26H18O12. The molecule has 38 heavy (non-hydrogen) atoms. The Balaban J connectivity index is 1.74. The molecule has 0 radical (unpaired) electrons. The highest BCUT2D eigenvalue weighted by Crippen LogP contribution is 2.48. The van der Waals surface area contributed by atoms with E-state index < -0.39 is 68.7 Å². The molecule has 4 aromatic carbocycles. The van der Waals surface area contributed by atoms with E-state index in [0.717, 1.165) is 6.07 Å². The van der Waals surface area contributed by atoms with Crippen molar-refractivity contribution in [3.63, 3.8) is 0 Å². The second-order valence-electron chi connectivity index (χ2n) is 7.85. The van der Waals surface area contributed by atoms with E-state index in [1.807, 2.05) is 0 Å². The molecule has 0 unspecified atom stereocenters. The van der Waals surface area contributed by atoms with Crippen molar-refractivity contribution in [3.8, 4) is 57.5 Å². The summed E-state index contributed by atoms with van der Waals surface area (Å²) >= 11 is 0. The van der Waals surface area contributed by atoms with Crippen molar-refractivity contribution < 1.29 is 60.2 Å². The number of phenolic OH excluding ortho intramolecular Hbond substituents is 8. The lowest BCUT2D eigenvalue weighted by Crippen LogP contribution is -2.10. The van der Waals surface area contributed by atoms with Crippen LogP contribution in [0.5, 0.6) is 57.5 Å². The molecule has 8 N–H and O–H groups in total. The fourth-order valence-corrected chi connectivity index (χ4v) is 3.39. The normalized spacial score (nSPS) is 10.6. The fourth-order valence-electron chi connectivity index (χ4n) is 3.39. The lowest BCUT2D eigenvalue weighted by molar-refractivity contribution is -0.104. The zero-order valence-electron chi connectivity index (χ0n) is 19.0. The van der Waals surface area contributed by atoms with Crippen LogP contribution in [-0.2, 0) is 0 Å². The summed E-state index contributed by atoms with van der Waals surface area (Å²) in [5.74, 6) is -9.82. The van der Waals surface area contributed by atoms with Crippen molar-refractivity contribution in [3.05, 3.63) is 82.9 Å². The van der Waals surface area contributed by atoms with Gasteiger partial charge in [0.25, 0.3) is 5.75 Å². The minimum Gasteiger partial charge on any atom is -0.508 e. The van der Waals surface area contributed by atoms with Crippen LogP contribution in [0.1, 0.15) is 31.8 Å². The highest BCUT2D eigenvalue weighted by Gasteiger charge is 2.29. The van der Waals surface area contributed by atoms with Crippen molar-refractivity contribution in [2.45, 2.75) is 0 Å². The second kappa shape index (κ2) is 9.70. The Morgan fingerprint density at radius 3 is 1.58 bits per heavy atom. The number of carbonyl (C=O) groups excluding carboxylic acids is 2. The molecule has 4 rings (SSSR count). The van der Waals surface area contributed by atoms with Crippen LogP contribution in [0.3, 0.4) is 0 Å². The van der Waals surface area contributed by atoms with Crippen molar-refractivity contribution in [2.24, 2.45) is 0 Å². The zero-order chi connectivity index (χ0) is 27.7. The number of hydrogen-bond acceptors (Lipinski definition) is 12. The predicted molar refractivity (Wildman–Crippen MR) is 127 cm³/mol. The number of aromatic hydroxyl groups is 8. The molecule has 0 heterocycles. The summed E-state index contributed by atoms with van der Waals surface area (Å²) in [4.78, 5) is 35.8. The first-order valence-corrected chi connectivity index (χ1v) is 10.6. The summed E-state index contributed by atoms with van der Waals surface area (Å²) in [6.07, 6.45) is 0. The molecule has 0 saturated carbocycles. The van der Waals surface area contributed by atoms with E-state index in [-0.39, 0.29) is 22.6 Å². The molecule has 194 valence electrons. The van der Waals surface area contributed by atoms with Crippen molar-refractivity contribution in [2.75, 3.05) is 0 Å². The molecule has 0 aliphatic rings. The highest BCUT2D eigenvalue weighted by molar-refractivity contribution is 6.13. The molecule has 0 saturated heterocycles. The maximum atomic E-state index is 13.0. The van der Waals surface area contributed by atoms with Crippen molar-refractivity contribution >= 4 is 11.6 Å². The molecule has 0 aliphatic heterocycles. The van der Waals surface area contributed by atoms with Crippen molar-refractivity contribution in [1.82, 2.24) is 0 Å². The molecule has 0 bridgehead atoms. The predicted octanol–water partition coefficient (Wildman–Crippen LogP) is 3.17. The Kier molecular flexibility index (Phi) is 6.46. The summed E-state index contributed by atoms with van der Waals surface area (Å²) in [5.41, 5.74) is -1.35. The largest absolute Gasteiger partial charge is 0.508 e. The average molecular weight is 522 g/mol. The Labute approximate surface area is 212 Å². The van der Waals surface area contributed by atoms with Gasteiger partial charge in [0.05, 0.1) is 5.56 Å². The van der Waals surface area contributed by atoms with E-state index in [1.54, 1.807) is 0 Å². The highest BCUT2D eigenvalue weighted by atomic mass is 17.2. The SMILES string of the molecule is O=C(c1ccc(O)cc1)c1cc(O)c(O)c(OOc2cc(O)c(O)c(O)c2C(=O)c2ccc(O)cc2)c1O. The third-order valence-corrected chi connectivity index (χ3v) is 5.37. The minimum atomic E-state index is -1.10. The van der Waals surface area contributed by atoms with Gasteiger partial charge in [-0.3, -0.25) is 19.4 Å². The van der Waals surface area contributed by atoms with Gasteiger partial charge in [-0.1, -0.05) is 0 Å². The Hall–Kier alpha value is -5.78. The molecule has 0 aliphatic carbocycles. The number of phenols is 8. The maximum Gasteiger partial charge on any atom is 0.266 e. The van der Waals surface area contributed by atoms with Crippen LogP contribution in [0.4, 0.5) is 0 Å². The standard InChI is InChI=1S/C26H18O12/c27-13-5-1-11(2-6-13)20(31)15-9-16(29)24(35)26(22(15)33)38-37-18-10-17(30)23(34)25(36)19(18)21(32)12-3-7-14(28)8-4-12/h1-10,27-30,33-36H. The van der Waals surface area contributed by atoms with Gasteiger partial charge in [-0.25, -0.2) is 0 Å². The van der Waals surface area contributed by atoms with Crippen LogP contribution in [0.25, 0.3) is 0 Å². The summed E-state index contributed by atoms with van der Waals surface area (Å²) in [6.45, 7) is 0. The van der Waals surface area contributed by atoms with Crippen molar-refractivity contribution in [1.29, 1.82) is 0 Å². The van der Waals surface area contributed by atoms with Gasteiger partial charge in [-0.15, -0.1) is 0 Å². The van der Waals surface area contributed by atoms with Gasteiger partial charge >= 0.3 is 0 Å². The molecule has 4 aromatic rings.